The molecule has 0 aliphatic heterocycles. The van der Waals surface area contributed by atoms with Gasteiger partial charge in [0.05, 0.1) is 12.8 Å². The minimum atomic E-state index is -4.71. The fraction of sp³-hybridized carbons (Fsp3) is 0.158. The van der Waals surface area contributed by atoms with Gasteiger partial charge in [-0.15, -0.1) is 0 Å². The maximum Gasteiger partial charge on any atom is 0.471 e. The quantitative estimate of drug-likeness (QED) is 0.479. The molecular weight excluding hydrogens is 389 g/mol. The van der Waals surface area contributed by atoms with Gasteiger partial charge in [0.1, 0.15) is 6.61 Å². The van der Waals surface area contributed by atoms with E-state index in [-0.39, 0.29) is 23.8 Å². The van der Waals surface area contributed by atoms with Crippen LogP contribution in [0.5, 0.6) is 0 Å². The van der Waals surface area contributed by atoms with Crippen LogP contribution in [0, 0.1) is 0 Å². The van der Waals surface area contributed by atoms with Crippen LogP contribution in [0.1, 0.15) is 21.8 Å². The van der Waals surface area contributed by atoms with E-state index in [1.807, 2.05) is 30.3 Å². The summed E-state index contributed by atoms with van der Waals surface area (Å²) in [6.07, 6.45) is -3.30. The van der Waals surface area contributed by atoms with Crippen molar-refractivity contribution >= 4 is 12.1 Å². The van der Waals surface area contributed by atoms with Crippen molar-refractivity contribution in [2.24, 2.45) is 5.16 Å². The first-order valence-electron chi connectivity index (χ1n) is 8.41. The van der Waals surface area contributed by atoms with Gasteiger partial charge in [-0.25, -0.2) is 0 Å². The lowest BCUT2D eigenvalue weighted by atomic mass is 10.1. The molecule has 10 heteroatoms. The monoisotopic (exact) mass is 404 g/mol. The minimum absolute atomic E-state index is 0.148. The van der Waals surface area contributed by atoms with Gasteiger partial charge in [0, 0.05) is 11.1 Å². The predicted octanol–water partition coefficient (Wildman–Crippen LogP) is 3.69. The number of amides is 1. The molecule has 0 saturated carbocycles. The lowest BCUT2D eigenvalue weighted by Gasteiger charge is -2.03. The van der Waals surface area contributed by atoms with Gasteiger partial charge in [-0.1, -0.05) is 52.8 Å². The van der Waals surface area contributed by atoms with Crippen molar-refractivity contribution < 1.29 is 27.3 Å². The molecule has 0 spiro atoms. The Labute approximate surface area is 163 Å². The van der Waals surface area contributed by atoms with E-state index < -0.39 is 12.1 Å². The van der Waals surface area contributed by atoms with E-state index in [4.69, 9.17) is 4.84 Å². The molecule has 0 aliphatic rings. The van der Waals surface area contributed by atoms with Gasteiger partial charge in [-0.05, 0) is 17.7 Å². The Kier molecular flexibility index (Phi) is 6.22. The van der Waals surface area contributed by atoms with Crippen LogP contribution in [0.2, 0.25) is 0 Å². The zero-order valence-electron chi connectivity index (χ0n) is 14.9. The van der Waals surface area contributed by atoms with Crippen molar-refractivity contribution in [3.05, 3.63) is 71.6 Å². The molecule has 0 aliphatic carbocycles. The molecule has 0 fully saturated rings. The third-order valence-corrected chi connectivity index (χ3v) is 3.65. The van der Waals surface area contributed by atoms with Gasteiger partial charge >= 0.3 is 12.1 Å². The number of oxime groups is 1. The van der Waals surface area contributed by atoms with Crippen LogP contribution in [0.15, 0.2) is 64.3 Å². The zero-order chi connectivity index (χ0) is 20.7. The average molecular weight is 404 g/mol. The number of nitrogens with one attached hydrogen (secondary N) is 1. The SMILES string of the molecule is O=C(NC/C=N/OCc1ccccc1)c1ccc(-c2noc(C(F)(F)F)n2)cc1. The summed E-state index contributed by atoms with van der Waals surface area (Å²) in [6, 6.07) is 15.2. The van der Waals surface area contributed by atoms with Crippen molar-refractivity contribution in [1.82, 2.24) is 15.5 Å². The first kappa shape index (κ1) is 20.1. The lowest BCUT2D eigenvalue weighted by Crippen LogP contribution is -2.25. The second-order valence-electron chi connectivity index (χ2n) is 5.76. The number of carbonyl (C=O) groups excluding carboxylic acids is 1. The van der Waals surface area contributed by atoms with Crippen molar-refractivity contribution in [1.29, 1.82) is 0 Å². The van der Waals surface area contributed by atoms with Crippen molar-refractivity contribution in [2.45, 2.75) is 12.8 Å². The highest BCUT2D eigenvalue weighted by Crippen LogP contribution is 2.29. The molecule has 7 nitrogen and oxygen atoms in total. The Morgan fingerprint density at radius 2 is 1.86 bits per heavy atom. The molecule has 1 heterocycles. The molecule has 3 rings (SSSR count). The summed E-state index contributed by atoms with van der Waals surface area (Å²) in [5.41, 5.74) is 1.57. The molecule has 1 aromatic heterocycles. The summed E-state index contributed by atoms with van der Waals surface area (Å²) in [5.74, 6) is -2.02. The summed E-state index contributed by atoms with van der Waals surface area (Å²) < 4.78 is 41.7. The van der Waals surface area contributed by atoms with Crippen molar-refractivity contribution in [2.75, 3.05) is 6.54 Å². The Bertz CT molecular complexity index is 970. The summed E-state index contributed by atoms with van der Waals surface area (Å²) >= 11 is 0. The number of rotatable bonds is 7. The predicted molar refractivity (Wildman–Crippen MR) is 96.8 cm³/mol. The van der Waals surface area contributed by atoms with E-state index in [2.05, 4.69) is 25.1 Å². The first-order chi connectivity index (χ1) is 13.9. The second-order valence-corrected chi connectivity index (χ2v) is 5.76. The van der Waals surface area contributed by atoms with E-state index in [1.165, 1.54) is 30.5 Å². The molecule has 0 atom stereocenters. The highest BCUT2D eigenvalue weighted by atomic mass is 19.4. The molecule has 0 bridgehead atoms. The summed E-state index contributed by atoms with van der Waals surface area (Å²) in [6.45, 7) is 0.466. The number of aromatic nitrogens is 2. The molecule has 1 N–H and O–H groups in total. The van der Waals surface area contributed by atoms with Gasteiger partial charge in [-0.2, -0.15) is 18.2 Å². The van der Waals surface area contributed by atoms with Crippen LogP contribution in [0.4, 0.5) is 13.2 Å². The number of nitrogens with zero attached hydrogens (tertiary/aromatic N) is 3. The highest BCUT2D eigenvalue weighted by Gasteiger charge is 2.38. The molecule has 29 heavy (non-hydrogen) atoms. The Morgan fingerprint density at radius 1 is 1.14 bits per heavy atom. The second kappa shape index (κ2) is 9.00. The molecular formula is C19H15F3N4O3. The van der Waals surface area contributed by atoms with E-state index in [1.54, 1.807) is 0 Å². The Balaban J connectivity index is 1.47. The topological polar surface area (TPSA) is 89.6 Å². The van der Waals surface area contributed by atoms with Crippen LogP contribution in [0.25, 0.3) is 11.4 Å². The summed E-state index contributed by atoms with van der Waals surface area (Å²) in [5, 5.41) is 9.65. The third-order valence-electron chi connectivity index (χ3n) is 3.65. The van der Waals surface area contributed by atoms with Gasteiger partial charge < -0.3 is 14.7 Å². The van der Waals surface area contributed by atoms with Crippen LogP contribution in [-0.2, 0) is 17.6 Å². The number of alkyl halides is 3. The largest absolute Gasteiger partial charge is 0.471 e. The standard InChI is InChI=1S/C19H15F3N4O3/c20-19(21,22)18-25-16(26-29-18)14-6-8-15(9-7-14)17(27)23-10-11-24-28-12-13-4-2-1-3-5-13/h1-9,11H,10,12H2,(H,23,27)/b24-11+. The molecule has 2 aromatic carbocycles. The number of hydrogen-bond donors (Lipinski definition) is 1. The van der Waals surface area contributed by atoms with Crippen LogP contribution in [0.3, 0.4) is 0 Å². The van der Waals surface area contributed by atoms with Crippen molar-refractivity contribution in [3.63, 3.8) is 0 Å². The van der Waals surface area contributed by atoms with Crippen molar-refractivity contribution in [3.8, 4) is 11.4 Å². The van der Waals surface area contributed by atoms with Gasteiger partial charge in [-0.3, -0.25) is 4.79 Å². The third kappa shape index (κ3) is 5.64. The minimum Gasteiger partial charge on any atom is -0.391 e. The van der Waals surface area contributed by atoms with Gasteiger partial charge in [0.15, 0.2) is 0 Å². The fourth-order valence-corrected chi connectivity index (χ4v) is 2.24. The molecule has 1 amide bonds. The number of carbonyl (C=O) groups is 1. The van der Waals surface area contributed by atoms with Crippen LogP contribution in [-0.4, -0.2) is 28.8 Å². The molecule has 0 unspecified atom stereocenters. The Morgan fingerprint density at radius 3 is 2.52 bits per heavy atom. The van der Waals surface area contributed by atoms with Gasteiger partial charge in [0.2, 0.25) is 5.82 Å². The highest BCUT2D eigenvalue weighted by molar-refractivity contribution is 5.95. The van der Waals surface area contributed by atoms with Gasteiger partial charge in [0.25, 0.3) is 5.91 Å². The summed E-state index contributed by atoms with van der Waals surface area (Å²) in [4.78, 5) is 20.5. The summed E-state index contributed by atoms with van der Waals surface area (Å²) in [7, 11) is 0. The maximum absolute atomic E-state index is 12.5. The lowest BCUT2D eigenvalue weighted by molar-refractivity contribution is -0.159. The van der Waals surface area contributed by atoms with E-state index in [9.17, 15) is 18.0 Å². The normalized spacial score (nSPS) is 11.6. The molecule has 0 saturated heterocycles. The molecule has 150 valence electrons. The zero-order valence-corrected chi connectivity index (χ0v) is 14.9. The number of halogens is 3. The maximum atomic E-state index is 12.5. The first-order valence-corrected chi connectivity index (χ1v) is 8.41. The molecule has 0 radical (unpaired) electrons. The fourth-order valence-electron chi connectivity index (χ4n) is 2.24. The van der Waals surface area contributed by atoms with E-state index in [0.717, 1.165) is 5.56 Å². The van der Waals surface area contributed by atoms with Crippen LogP contribution >= 0.6 is 0 Å². The average Bonchev–Trinajstić information content (AvgIpc) is 3.22. The van der Waals surface area contributed by atoms with Crippen LogP contribution < -0.4 is 5.32 Å². The smallest absolute Gasteiger partial charge is 0.391 e. The Hall–Kier alpha value is -3.69. The van der Waals surface area contributed by atoms with E-state index >= 15 is 0 Å². The number of hydrogen-bond acceptors (Lipinski definition) is 6. The molecule has 3 aromatic rings. The van der Waals surface area contributed by atoms with E-state index in [0.29, 0.717) is 12.2 Å². The number of benzene rings is 2.